The van der Waals surface area contributed by atoms with Gasteiger partial charge >= 0.3 is 0 Å². The van der Waals surface area contributed by atoms with Gasteiger partial charge in [-0.1, -0.05) is 66.2 Å². The zero-order valence-electron chi connectivity index (χ0n) is 19.7. The minimum atomic E-state index is 0.337. The van der Waals surface area contributed by atoms with E-state index in [1.165, 1.54) is 40.9 Å². The zero-order chi connectivity index (χ0) is 21.3. The Balaban J connectivity index is 3.09. The average Bonchev–Trinajstić information content (AvgIpc) is 2.66. The van der Waals surface area contributed by atoms with Gasteiger partial charge in [-0.15, -0.1) is 0 Å². The second-order valence-electron chi connectivity index (χ2n) is 8.73. The first kappa shape index (κ1) is 24.3. The van der Waals surface area contributed by atoms with Gasteiger partial charge in [-0.25, -0.2) is 0 Å². The van der Waals surface area contributed by atoms with Crippen molar-refractivity contribution in [3.8, 4) is 0 Å². The number of nitrogens with one attached hydrogen (secondary N) is 1. The van der Waals surface area contributed by atoms with Gasteiger partial charge in [-0.2, -0.15) is 0 Å². The molecule has 0 aliphatic heterocycles. The van der Waals surface area contributed by atoms with E-state index in [0.717, 1.165) is 25.3 Å². The third kappa shape index (κ3) is 6.72. The van der Waals surface area contributed by atoms with Crippen molar-refractivity contribution in [1.82, 2.24) is 4.90 Å². The summed E-state index contributed by atoms with van der Waals surface area (Å²) in [6.07, 6.45) is 9.13. The van der Waals surface area contributed by atoms with Crippen LogP contribution in [0.25, 0.3) is 6.08 Å². The maximum absolute atomic E-state index is 4.06. The van der Waals surface area contributed by atoms with Crippen LogP contribution in [0.3, 0.4) is 0 Å². The Kier molecular flexibility index (Phi) is 10.4. The molecular weight excluding hydrogens is 340 g/mol. The lowest BCUT2D eigenvalue weighted by atomic mass is 9.89. The Morgan fingerprint density at radius 3 is 2.36 bits per heavy atom. The number of hydrogen-bond donors (Lipinski definition) is 1. The number of benzene rings is 1. The summed E-state index contributed by atoms with van der Waals surface area (Å²) in [5.74, 6) is 1.82. The summed E-state index contributed by atoms with van der Waals surface area (Å²) in [6.45, 7) is 18.9. The van der Waals surface area contributed by atoms with Crippen LogP contribution in [0.15, 0.2) is 30.5 Å². The van der Waals surface area contributed by atoms with Crippen LogP contribution in [-0.2, 0) is 6.42 Å². The maximum Gasteiger partial charge on any atom is 0.0380 e. The number of anilines is 1. The molecule has 0 fully saturated rings. The smallest absolute Gasteiger partial charge is 0.0380 e. The third-order valence-electron chi connectivity index (χ3n) is 5.79. The fourth-order valence-electron chi connectivity index (χ4n) is 4.17. The Bertz CT molecular complexity index is 642. The summed E-state index contributed by atoms with van der Waals surface area (Å²) in [5, 5.41) is 3.44. The molecule has 28 heavy (non-hydrogen) atoms. The van der Waals surface area contributed by atoms with Crippen molar-refractivity contribution >= 4 is 11.8 Å². The van der Waals surface area contributed by atoms with E-state index in [1.807, 2.05) is 13.1 Å². The van der Waals surface area contributed by atoms with Gasteiger partial charge in [0.2, 0.25) is 0 Å². The number of aryl methyl sites for hydroxylation is 1. The minimum Gasteiger partial charge on any atom is -0.388 e. The second kappa shape index (κ2) is 12.0. The Labute approximate surface area is 175 Å². The molecule has 0 radical (unpaired) electrons. The monoisotopic (exact) mass is 384 g/mol. The lowest BCUT2D eigenvalue weighted by molar-refractivity contribution is 0.308. The molecule has 0 aromatic heterocycles. The van der Waals surface area contributed by atoms with E-state index in [2.05, 4.69) is 83.6 Å². The van der Waals surface area contributed by atoms with Gasteiger partial charge in [0.15, 0.2) is 0 Å². The van der Waals surface area contributed by atoms with Crippen molar-refractivity contribution in [2.45, 2.75) is 73.1 Å². The summed E-state index contributed by atoms with van der Waals surface area (Å²) < 4.78 is 0. The molecule has 158 valence electrons. The van der Waals surface area contributed by atoms with E-state index >= 15 is 0 Å². The summed E-state index contributed by atoms with van der Waals surface area (Å²) in [6, 6.07) is 4.67. The SMILES string of the molecule is C=Cc1cc(C(C)/C(=C\C)N(C)CC(C)CCC(C)C)c(NC)cc1CCC. The highest BCUT2D eigenvalue weighted by Gasteiger charge is 2.20. The van der Waals surface area contributed by atoms with Gasteiger partial charge in [0.1, 0.15) is 0 Å². The molecule has 2 nitrogen and oxygen atoms in total. The molecule has 0 saturated heterocycles. The summed E-state index contributed by atoms with van der Waals surface area (Å²) in [7, 11) is 4.28. The fourth-order valence-corrected chi connectivity index (χ4v) is 4.17. The van der Waals surface area contributed by atoms with Crippen LogP contribution in [-0.4, -0.2) is 25.5 Å². The van der Waals surface area contributed by atoms with E-state index in [-0.39, 0.29) is 0 Å². The fraction of sp³-hybridized carbons (Fsp3) is 0.615. The molecular formula is C26H44N2. The van der Waals surface area contributed by atoms with E-state index in [0.29, 0.717) is 11.8 Å². The number of hydrogen-bond acceptors (Lipinski definition) is 2. The van der Waals surface area contributed by atoms with Crippen LogP contribution in [0, 0.1) is 11.8 Å². The van der Waals surface area contributed by atoms with Crippen LogP contribution >= 0.6 is 0 Å². The first-order chi connectivity index (χ1) is 13.3. The van der Waals surface area contributed by atoms with Crippen molar-refractivity contribution in [2.75, 3.05) is 26.0 Å². The second-order valence-corrected chi connectivity index (χ2v) is 8.73. The van der Waals surface area contributed by atoms with Crippen LogP contribution < -0.4 is 5.32 Å². The third-order valence-corrected chi connectivity index (χ3v) is 5.79. The molecule has 0 amide bonds. The van der Waals surface area contributed by atoms with Gasteiger partial charge < -0.3 is 10.2 Å². The predicted molar refractivity (Wildman–Crippen MR) is 128 cm³/mol. The molecule has 2 atom stereocenters. The highest BCUT2D eigenvalue weighted by Crippen LogP contribution is 2.34. The molecule has 2 heteroatoms. The van der Waals surface area contributed by atoms with Crippen molar-refractivity contribution in [3.05, 3.63) is 47.2 Å². The average molecular weight is 385 g/mol. The van der Waals surface area contributed by atoms with Crippen LogP contribution in [0.2, 0.25) is 0 Å². The summed E-state index contributed by atoms with van der Waals surface area (Å²) in [4.78, 5) is 2.46. The topological polar surface area (TPSA) is 15.3 Å². The molecule has 1 aromatic rings. The number of nitrogens with zero attached hydrogens (tertiary/aromatic N) is 1. The van der Waals surface area contributed by atoms with Crippen molar-refractivity contribution < 1.29 is 0 Å². The molecule has 0 aliphatic rings. The van der Waals surface area contributed by atoms with Gasteiger partial charge in [0, 0.05) is 37.9 Å². The Morgan fingerprint density at radius 1 is 1.18 bits per heavy atom. The Morgan fingerprint density at radius 2 is 1.86 bits per heavy atom. The molecule has 2 unspecified atom stereocenters. The zero-order valence-corrected chi connectivity index (χ0v) is 19.7. The Hall–Kier alpha value is -1.70. The van der Waals surface area contributed by atoms with Crippen molar-refractivity contribution in [3.63, 3.8) is 0 Å². The van der Waals surface area contributed by atoms with E-state index < -0.39 is 0 Å². The van der Waals surface area contributed by atoms with Gasteiger partial charge in [0.25, 0.3) is 0 Å². The lowest BCUT2D eigenvalue weighted by Gasteiger charge is -2.31. The van der Waals surface area contributed by atoms with Gasteiger partial charge in [-0.3, -0.25) is 0 Å². The van der Waals surface area contributed by atoms with Crippen LogP contribution in [0.4, 0.5) is 5.69 Å². The molecule has 0 heterocycles. The normalized spacial score (nSPS) is 14.1. The van der Waals surface area contributed by atoms with Gasteiger partial charge in [-0.05, 0) is 60.4 Å². The first-order valence-corrected chi connectivity index (χ1v) is 11.1. The molecule has 1 rings (SSSR count). The van der Waals surface area contributed by atoms with E-state index in [1.54, 1.807) is 0 Å². The quantitative estimate of drug-likeness (QED) is 0.405. The molecule has 0 bridgehead atoms. The molecule has 1 aromatic carbocycles. The number of allylic oxidation sites excluding steroid dienone is 2. The van der Waals surface area contributed by atoms with Crippen LogP contribution in [0.5, 0.6) is 0 Å². The molecule has 0 spiro atoms. The minimum absolute atomic E-state index is 0.337. The van der Waals surface area contributed by atoms with Crippen LogP contribution in [0.1, 0.15) is 83.4 Å². The standard InChI is InChI=1S/C26H44N2/c1-10-13-23-17-25(27-8)24(16-22(23)11-2)21(7)26(12-3)28(9)18-20(6)15-14-19(4)5/h11-12,16-17,19-21,27H,2,10,13-15,18H2,1,3-9H3/b26-12+. The summed E-state index contributed by atoms with van der Waals surface area (Å²) in [5.41, 5.74) is 6.64. The molecule has 0 aliphatic carbocycles. The van der Waals surface area contributed by atoms with E-state index in [4.69, 9.17) is 0 Å². The van der Waals surface area contributed by atoms with Crippen molar-refractivity contribution in [1.29, 1.82) is 0 Å². The summed E-state index contributed by atoms with van der Waals surface area (Å²) >= 11 is 0. The lowest BCUT2D eigenvalue weighted by Crippen LogP contribution is -2.27. The predicted octanol–water partition coefficient (Wildman–Crippen LogP) is 7.34. The van der Waals surface area contributed by atoms with E-state index in [9.17, 15) is 0 Å². The highest BCUT2D eigenvalue weighted by molar-refractivity contribution is 5.64. The largest absolute Gasteiger partial charge is 0.388 e. The number of likely N-dealkylation sites (N-methyl/N-ethyl adjacent to an activating group) is 1. The molecule has 0 saturated carbocycles. The molecule has 1 N–H and O–H groups in total. The first-order valence-electron chi connectivity index (χ1n) is 11.1. The highest BCUT2D eigenvalue weighted by atomic mass is 15.1. The van der Waals surface area contributed by atoms with Crippen molar-refractivity contribution in [2.24, 2.45) is 11.8 Å². The van der Waals surface area contributed by atoms with Gasteiger partial charge in [0.05, 0.1) is 0 Å². The number of rotatable bonds is 12. The maximum atomic E-state index is 4.06.